The van der Waals surface area contributed by atoms with Gasteiger partial charge < -0.3 is 10.6 Å². The van der Waals surface area contributed by atoms with Crippen LogP contribution in [-0.4, -0.2) is 9.97 Å². The zero-order valence-corrected chi connectivity index (χ0v) is 12.5. The summed E-state index contributed by atoms with van der Waals surface area (Å²) < 4.78 is 0. The summed E-state index contributed by atoms with van der Waals surface area (Å²) in [4.78, 5) is 10.4. The van der Waals surface area contributed by atoms with Crippen LogP contribution in [-0.2, 0) is 6.54 Å². The van der Waals surface area contributed by atoms with E-state index in [9.17, 15) is 0 Å². The van der Waals surface area contributed by atoms with Crippen molar-refractivity contribution in [1.82, 2.24) is 9.97 Å². The summed E-state index contributed by atoms with van der Waals surface area (Å²) in [6.07, 6.45) is 5.17. The van der Waals surface area contributed by atoms with Crippen molar-refractivity contribution in [2.45, 2.75) is 13.5 Å². The number of nitrogens with zero attached hydrogens (tertiary/aromatic N) is 3. The summed E-state index contributed by atoms with van der Waals surface area (Å²) in [5, 5.41) is 0. The summed E-state index contributed by atoms with van der Waals surface area (Å²) in [6.45, 7) is 2.84. The molecule has 4 heteroatoms. The molecule has 22 heavy (non-hydrogen) atoms. The van der Waals surface area contributed by atoms with Crippen molar-refractivity contribution in [3.8, 4) is 0 Å². The third-order valence-electron chi connectivity index (χ3n) is 3.52. The van der Waals surface area contributed by atoms with Crippen LogP contribution < -0.4 is 10.6 Å². The third kappa shape index (κ3) is 3.23. The fourth-order valence-corrected chi connectivity index (χ4v) is 2.29. The predicted octanol–water partition coefficient (Wildman–Crippen LogP) is 3.71. The molecule has 0 saturated carbocycles. The molecule has 3 rings (SSSR count). The lowest BCUT2D eigenvalue weighted by Gasteiger charge is -2.24. The van der Waals surface area contributed by atoms with Crippen LogP contribution in [0.2, 0.25) is 0 Å². The summed E-state index contributed by atoms with van der Waals surface area (Å²) in [7, 11) is 0. The first-order valence-corrected chi connectivity index (χ1v) is 7.16. The minimum absolute atomic E-state index is 0.748. The number of aromatic nitrogens is 2. The lowest BCUT2D eigenvalue weighted by molar-refractivity contribution is 0.957. The quantitative estimate of drug-likeness (QED) is 0.744. The van der Waals surface area contributed by atoms with E-state index in [2.05, 4.69) is 46.1 Å². The number of nitrogens with two attached hydrogens (primary N) is 1. The van der Waals surface area contributed by atoms with E-state index in [1.165, 1.54) is 17.5 Å². The van der Waals surface area contributed by atoms with Gasteiger partial charge in [-0.05, 0) is 36.8 Å². The molecule has 3 aromatic rings. The summed E-state index contributed by atoms with van der Waals surface area (Å²) in [5.41, 5.74) is 11.0. The smallest absolute Gasteiger partial charge is 0.115 e. The average molecular weight is 290 g/mol. The van der Waals surface area contributed by atoms with E-state index in [4.69, 9.17) is 5.73 Å². The van der Waals surface area contributed by atoms with Gasteiger partial charge in [-0.15, -0.1) is 0 Å². The number of nitrogen functional groups attached to an aromatic ring is 1. The molecule has 0 aliphatic rings. The molecule has 0 fully saturated rings. The van der Waals surface area contributed by atoms with Crippen LogP contribution in [0, 0.1) is 6.92 Å². The molecule has 110 valence electrons. The Bertz CT molecular complexity index is 721. The second-order valence-electron chi connectivity index (χ2n) is 5.26. The Labute approximate surface area is 130 Å². The molecule has 1 heterocycles. The molecule has 0 amide bonds. The van der Waals surface area contributed by atoms with Gasteiger partial charge in [-0.1, -0.05) is 29.8 Å². The zero-order chi connectivity index (χ0) is 15.4. The predicted molar refractivity (Wildman–Crippen MR) is 89.9 cm³/mol. The van der Waals surface area contributed by atoms with Gasteiger partial charge in [-0.2, -0.15) is 0 Å². The first-order valence-electron chi connectivity index (χ1n) is 7.16. The van der Waals surface area contributed by atoms with Crippen LogP contribution in [0.25, 0.3) is 0 Å². The third-order valence-corrected chi connectivity index (χ3v) is 3.52. The van der Waals surface area contributed by atoms with Gasteiger partial charge in [0.2, 0.25) is 0 Å². The number of anilines is 3. The molecule has 1 aromatic heterocycles. The minimum Gasteiger partial charge on any atom is -0.399 e. The highest BCUT2D eigenvalue weighted by atomic mass is 15.1. The SMILES string of the molecule is Cc1ccc(CN(c2ccc(N)cc2)c2cncnc2)cc1. The molecule has 0 unspecified atom stereocenters. The highest BCUT2D eigenvalue weighted by molar-refractivity contribution is 5.63. The maximum atomic E-state index is 5.79. The van der Waals surface area contributed by atoms with E-state index in [-0.39, 0.29) is 0 Å². The van der Waals surface area contributed by atoms with Crippen molar-refractivity contribution in [3.63, 3.8) is 0 Å². The molecule has 0 spiro atoms. The Morgan fingerprint density at radius 2 is 1.50 bits per heavy atom. The van der Waals surface area contributed by atoms with Gasteiger partial charge in [0.05, 0.1) is 18.1 Å². The topological polar surface area (TPSA) is 55.0 Å². The van der Waals surface area contributed by atoms with Crippen molar-refractivity contribution in [2.24, 2.45) is 0 Å². The highest BCUT2D eigenvalue weighted by Crippen LogP contribution is 2.27. The molecule has 0 atom stereocenters. The second-order valence-corrected chi connectivity index (χ2v) is 5.26. The van der Waals surface area contributed by atoms with Gasteiger partial charge >= 0.3 is 0 Å². The van der Waals surface area contributed by atoms with E-state index in [0.717, 1.165) is 23.6 Å². The van der Waals surface area contributed by atoms with Gasteiger partial charge in [-0.25, -0.2) is 9.97 Å². The Kier molecular flexibility index (Phi) is 4.01. The first-order chi connectivity index (χ1) is 10.7. The zero-order valence-electron chi connectivity index (χ0n) is 12.5. The lowest BCUT2D eigenvalue weighted by Crippen LogP contribution is -2.16. The number of hydrogen-bond acceptors (Lipinski definition) is 4. The molecule has 0 bridgehead atoms. The highest BCUT2D eigenvalue weighted by Gasteiger charge is 2.10. The second kappa shape index (κ2) is 6.26. The average Bonchev–Trinajstić information content (AvgIpc) is 2.56. The minimum atomic E-state index is 0.748. The maximum Gasteiger partial charge on any atom is 0.115 e. The Balaban J connectivity index is 1.96. The molecule has 2 N–H and O–H groups in total. The summed E-state index contributed by atoms with van der Waals surface area (Å²) in [5.74, 6) is 0. The fourth-order valence-electron chi connectivity index (χ4n) is 2.29. The molecule has 0 radical (unpaired) electrons. The number of aryl methyl sites for hydroxylation is 1. The van der Waals surface area contributed by atoms with Crippen LogP contribution in [0.3, 0.4) is 0 Å². The van der Waals surface area contributed by atoms with Gasteiger partial charge in [-0.3, -0.25) is 0 Å². The van der Waals surface area contributed by atoms with Crippen LogP contribution in [0.1, 0.15) is 11.1 Å². The first kappa shape index (κ1) is 14.1. The van der Waals surface area contributed by atoms with Crippen LogP contribution in [0.5, 0.6) is 0 Å². The van der Waals surface area contributed by atoms with Gasteiger partial charge in [0.15, 0.2) is 0 Å². The van der Waals surface area contributed by atoms with Crippen LogP contribution in [0.15, 0.2) is 67.3 Å². The standard InChI is InChI=1S/C18H18N4/c1-14-2-4-15(5-3-14)12-22(18-10-20-13-21-11-18)17-8-6-16(19)7-9-17/h2-11,13H,12,19H2,1H3. The van der Waals surface area contributed by atoms with E-state index >= 15 is 0 Å². The van der Waals surface area contributed by atoms with Crippen LogP contribution in [0.4, 0.5) is 17.1 Å². The number of rotatable bonds is 4. The maximum absolute atomic E-state index is 5.79. The Hall–Kier alpha value is -2.88. The molecule has 0 saturated heterocycles. The van der Waals surface area contributed by atoms with E-state index in [1.54, 1.807) is 0 Å². The largest absolute Gasteiger partial charge is 0.399 e. The lowest BCUT2D eigenvalue weighted by atomic mass is 10.1. The van der Waals surface area contributed by atoms with Crippen LogP contribution >= 0.6 is 0 Å². The van der Waals surface area contributed by atoms with Gasteiger partial charge in [0, 0.05) is 17.9 Å². The molecule has 0 aliphatic heterocycles. The Morgan fingerprint density at radius 3 is 2.14 bits per heavy atom. The van der Waals surface area contributed by atoms with Crippen molar-refractivity contribution in [1.29, 1.82) is 0 Å². The van der Waals surface area contributed by atoms with E-state index in [0.29, 0.717) is 0 Å². The molecular weight excluding hydrogens is 272 g/mol. The monoisotopic (exact) mass is 290 g/mol. The summed E-state index contributed by atoms with van der Waals surface area (Å²) >= 11 is 0. The fraction of sp³-hybridized carbons (Fsp3) is 0.111. The molecule has 2 aromatic carbocycles. The van der Waals surface area contributed by atoms with Gasteiger partial charge in [0.1, 0.15) is 6.33 Å². The molecule has 0 aliphatic carbocycles. The van der Waals surface area contributed by atoms with Crippen molar-refractivity contribution in [3.05, 3.63) is 78.4 Å². The van der Waals surface area contributed by atoms with Crippen molar-refractivity contribution in [2.75, 3.05) is 10.6 Å². The number of hydrogen-bond donors (Lipinski definition) is 1. The van der Waals surface area contributed by atoms with Crippen molar-refractivity contribution >= 4 is 17.1 Å². The molecule has 4 nitrogen and oxygen atoms in total. The van der Waals surface area contributed by atoms with Gasteiger partial charge in [0.25, 0.3) is 0 Å². The molecular formula is C18H18N4. The van der Waals surface area contributed by atoms with E-state index in [1.807, 2.05) is 36.7 Å². The van der Waals surface area contributed by atoms with E-state index < -0.39 is 0 Å². The Morgan fingerprint density at radius 1 is 0.864 bits per heavy atom. The van der Waals surface area contributed by atoms with Crippen molar-refractivity contribution < 1.29 is 0 Å². The summed E-state index contributed by atoms with van der Waals surface area (Å²) in [6, 6.07) is 16.4. The normalized spacial score (nSPS) is 10.4. The number of benzene rings is 2.